The summed E-state index contributed by atoms with van der Waals surface area (Å²) in [7, 11) is 4.39. The van der Waals surface area contributed by atoms with Crippen molar-refractivity contribution in [2.75, 3.05) is 42.3 Å². The molecule has 0 aliphatic carbocycles. The highest BCUT2D eigenvalue weighted by Crippen LogP contribution is 2.39. The van der Waals surface area contributed by atoms with E-state index in [2.05, 4.69) is 144 Å². The van der Waals surface area contributed by atoms with E-state index in [0.29, 0.717) is 12.0 Å². The fourth-order valence-corrected chi connectivity index (χ4v) is 6.37. The fraction of sp³-hybridized carbons (Fsp3) is 0.486. The Balaban J connectivity index is 0.000000133. The summed E-state index contributed by atoms with van der Waals surface area (Å²) < 4.78 is 0. The maximum Gasteiger partial charge on any atom is 0.0399 e. The minimum absolute atomic E-state index is 0.692. The minimum atomic E-state index is 0.692. The van der Waals surface area contributed by atoms with Gasteiger partial charge in [0, 0.05) is 62.1 Å². The minimum Gasteiger partial charge on any atom is -0.384 e. The van der Waals surface area contributed by atoms with E-state index in [-0.39, 0.29) is 0 Å². The molecule has 0 amide bonds. The van der Waals surface area contributed by atoms with Crippen LogP contribution in [0.25, 0.3) is 0 Å². The molecule has 1 N–H and O–H groups in total. The van der Waals surface area contributed by atoms with Crippen molar-refractivity contribution in [3.05, 3.63) is 89.5 Å². The molecule has 3 atom stereocenters. The Hall–Kier alpha value is -2.94. The van der Waals surface area contributed by atoms with E-state index in [1.165, 1.54) is 46.7 Å². The Morgan fingerprint density at radius 3 is 1.87 bits per heavy atom. The molecule has 3 aromatic carbocycles. The molecule has 0 bridgehead atoms. The molecule has 0 aromatic heterocycles. The molecule has 38 heavy (non-hydrogen) atoms. The number of hydrogen-bond acceptors (Lipinski definition) is 3. The van der Waals surface area contributed by atoms with Crippen LogP contribution in [-0.4, -0.2) is 33.2 Å². The third-order valence-electron chi connectivity index (χ3n) is 8.77. The normalized spacial score (nSPS) is 20.9. The standard InChI is InChI=1S/2C12H17N.C11H15N/c1-9(2)11-8-13(3)12-7-5-4-6-10(11)12;1-9(2)12-8-10-6-4-5-7-11(10)13(12)3;1-8(2)10-7-12-11-6-4-3-5-9(10)11/h4-7,9,11H,8H2,1-3H3;4-7,9,12H,8H2,1-3H3;3-6,8,10,12H,7H2,1-2H3. The second kappa shape index (κ2) is 12.3. The number of fused-ring (bicyclic) bond motifs is 3. The van der Waals surface area contributed by atoms with E-state index in [1.807, 2.05) is 0 Å². The van der Waals surface area contributed by atoms with Crippen molar-refractivity contribution in [3.8, 4) is 0 Å². The average molecular weight is 512 g/mol. The summed E-state index contributed by atoms with van der Waals surface area (Å²) in [5.74, 6) is 3.65. The van der Waals surface area contributed by atoms with E-state index < -0.39 is 0 Å². The van der Waals surface area contributed by atoms with Crippen molar-refractivity contribution < 1.29 is 0 Å². The lowest BCUT2D eigenvalue weighted by molar-refractivity contribution is 0.491. The molecule has 0 saturated heterocycles. The summed E-state index contributed by atoms with van der Waals surface area (Å²) >= 11 is 0. The summed E-state index contributed by atoms with van der Waals surface area (Å²) in [6, 6.07) is 26.8. The number of rotatable bonds is 3. The predicted molar refractivity (Wildman–Crippen MR) is 167 cm³/mol. The van der Waals surface area contributed by atoms with Crippen LogP contribution in [0.15, 0.2) is 72.8 Å². The average Bonchev–Trinajstić information content (AvgIpc) is 3.59. The lowest BCUT2D eigenvalue weighted by Crippen LogP contribution is -2.32. The number of likely N-dealkylation sites (N-methyl/N-ethyl adjacent to an activating group) is 2. The highest BCUT2D eigenvalue weighted by molar-refractivity contribution is 5.60. The highest BCUT2D eigenvalue weighted by atomic mass is 15.2. The van der Waals surface area contributed by atoms with Gasteiger partial charge in [0.05, 0.1) is 0 Å². The van der Waals surface area contributed by atoms with Crippen molar-refractivity contribution >= 4 is 17.1 Å². The van der Waals surface area contributed by atoms with Crippen LogP contribution in [0.1, 0.15) is 70.1 Å². The van der Waals surface area contributed by atoms with Crippen molar-refractivity contribution in [2.45, 2.75) is 65.8 Å². The Morgan fingerprint density at radius 1 is 0.658 bits per heavy atom. The summed E-state index contributed by atoms with van der Waals surface area (Å²) in [6.07, 6.45) is 1.21. The monoisotopic (exact) mass is 511 g/mol. The Morgan fingerprint density at radius 2 is 1.24 bits per heavy atom. The lowest BCUT2D eigenvalue weighted by atomic mass is 9.90. The number of benzene rings is 3. The van der Waals surface area contributed by atoms with Crippen LogP contribution < -0.4 is 15.1 Å². The number of nitrogens with one attached hydrogen (secondary N) is 1. The Bertz CT molecular complexity index is 1180. The van der Waals surface area contributed by atoms with Crippen LogP contribution in [0.3, 0.4) is 0 Å². The van der Waals surface area contributed by atoms with E-state index in [1.54, 1.807) is 0 Å². The van der Waals surface area contributed by atoms with E-state index in [9.17, 15) is 0 Å². The molecule has 3 aromatic rings. The van der Waals surface area contributed by atoms with E-state index in [0.717, 1.165) is 30.2 Å². The van der Waals surface area contributed by atoms with Crippen molar-refractivity contribution in [1.82, 2.24) is 0 Å². The zero-order valence-corrected chi connectivity index (χ0v) is 24.9. The molecule has 3 heteroatoms. The first kappa shape index (κ1) is 28.1. The van der Waals surface area contributed by atoms with Crippen molar-refractivity contribution in [1.29, 1.82) is 0 Å². The first-order valence-electron chi connectivity index (χ1n) is 14.6. The SMILES string of the molecule is CC(C)C1CN(C)c2ccccc21.CC(C)C1CNc2ccccc21.CC(C)C1Cc2ccccc2N1C. The number of nitrogens with zero attached hydrogens (tertiary/aromatic N) is 2. The zero-order valence-electron chi connectivity index (χ0n) is 24.9. The molecule has 204 valence electrons. The molecule has 3 nitrogen and oxygen atoms in total. The van der Waals surface area contributed by atoms with Gasteiger partial charge in [-0.3, -0.25) is 0 Å². The second-order valence-electron chi connectivity index (χ2n) is 12.4. The largest absolute Gasteiger partial charge is 0.384 e. The van der Waals surface area contributed by atoms with Gasteiger partial charge in [-0.25, -0.2) is 0 Å². The van der Waals surface area contributed by atoms with Gasteiger partial charge in [0.2, 0.25) is 0 Å². The molecule has 3 heterocycles. The smallest absolute Gasteiger partial charge is 0.0399 e. The number of anilines is 3. The van der Waals surface area contributed by atoms with Crippen molar-refractivity contribution in [3.63, 3.8) is 0 Å². The van der Waals surface area contributed by atoms with Gasteiger partial charge in [-0.05, 0) is 59.1 Å². The first-order chi connectivity index (χ1) is 18.2. The highest BCUT2D eigenvalue weighted by Gasteiger charge is 2.29. The summed E-state index contributed by atoms with van der Waals surface area (Å²) in [4.78, 5) is 4.78. The first-order valence-corrected chi connectivity index (χ1v) is 14.6. The molecular weight excluding hydrogens is 462 g/mol. The van der Waals surface area contributed by atoms with Crippen LogP contribution in [0.2, 0.25) is 0 Å². The maximum absolute atomic E-state index is 3.43. The van der Waals surface area contributed by atoms with Gasteiger partial charge < -0.3 is 15.1 Å². The molecule has 3 unspecified atom stereocenters. The third-order valence-corrected chi connectivity index (χ3v) is 8.77. The van der Waals surface area contributed by atoms with Gasteiger partial charge in [-0.1, -0.05) is 96.1 Å². The molecule has 6 rings (SSSR count). The Kier molecular flexibility index (Phi) is 9.07. The van der Waals surface area contributed by atoms with Crippen LogP contribution in [-0.2, 0) is 6.42 Å². The topological polar surface area (TPSA) is 18.5 Å². The number of para-hydroxylation sites is 3. The molecule has 3 aliphatic heterocycles. The molecule has 0 fully saturated rings. The summed E-state index contributed by atoms with van der Waals surface area (Å²) in [5, 5.41) is 3.43. The van der Waals surface area contributed by atoms with Gasteiger partial charge in [0.25, 0.3) is 0 Å². The molecule has 3 aliphatic rings. The molecule has 0 spiro atoms. The summed E-state index contributed by atoms with van der Waals surface area (Å²) in [5.41, 5.74) is 8.69. The van der Waals surface area contributed by atoms with Gasteiger partial charge in [-0.15, -0.1) is 0 Å². The lowest BCUT2D eigenvalue weighted by Gasteiger charge is -2.25. The van der Waals surface area contributed by atoms with Gasteiger partial charge in [-0.2, -0.15) is 0 Å². The zero-order chi connectivity index (χ0) is 27.4. The van der Waals surface area contributed by atoms with Gasteiger partial charge >= 0.3 is 0 Å². The fourth-order valence-electron chi connectivity index (χ4n) is 6.37. The Labute approximate surface area is 232 Å². The van der Waals surface area contributed by atoms with Gasteiger partial charge in [0.15, 0.2) is 0 Å². The number of hydrogen-bond donors (Lipinski definition) is 1. The molecule has 0 saturated carbocycles. The maximum atomic E-state index is 3.43. The third kappa shape index (κ3) is 6.03. The van der Waals surface area contributed by atoms with Crippen LogP contribution in [0, 0.1) is 17.8 Å². The second-order valence-corrected chi connectivity index (χ2v) is 12.4. The van der Waals surface area contributed by atoms with Crippen LogP contribution in [0.4, 0.5) is 17.1 Å². The van der Waals surface area contributed by atoms with Crippen LogP contribution >= 0.6 is 0 Å². The van der Waals surface area contributed by atoms with Crippen molar-refractivity contribution in [2.24, 2.45) is 17.8 Å². The molecule has 0 radical (unpaired) electrons. The predicted octanol–water partition coefficient (Wildman–Crippen LogP) is 8.43. The van der Waals surface area contributed by atoms with E-state index >= 15 is 0 Å². The molecular formula is C35H49N3. The van der Waals surface area contributed by atoms with E-state index in [4.69, 9.17) is 0 Å². The van der Waals surface area contributed by atoms with Crippen LogP contribution in [0.5, 0.6) is 0 Å². The quantitative estimate of drug-likeness (QED) is 0.381. The summed E-state index contributed by atoms with van der Waals surface area (Å²) in [6.45, 7) is 16.1. The van der Waals surface area contributed by atoms with Gasteiger partial charge in [0.1, 0.15) is 0 Å².